The standard InChI is InChI=1S/C20H20ClN3O2S/c1-13-4-2-3-5-14(13)8-10-22-18(25)9-11-24-19(26)16-7-6-15(21)12-17(16)23-20(24)27/h2-7,12H,8-11H2,1H3,(H,22,25)(H,23,27). The Morgan fingerprint density at radius 3 is 2.81 bits per heavy atom. The van der Waals surface area contributed by atoms with E-state index in [4.69, 9.17) is 23.8 Å². The molecule has 5 nitrogen and oxygen atoms in total. The van der Waals surface area contributed by atoms with Gasteiger partial charge in [0, 0.05) is 24.5 Å². The highest BCUT2D eigenvalue weighted by Crippen LogP contribution is 2.14. The summed E-state index contributed by atoms with van der Waals surface area (Å²) in [5.41, 5.74) is 2.79. The summed E-state index contributed by atoms with van der Waals surface area (Å²) in [5, 5.41) is 3.92. The van der Waals surface area contributed by atoms with Crippen LogP contribution in [-0.2, 0) is 17.8 Å². The van der Waals surface area contributed by atoms with Crippen LogP contribution in [0.3, 0.4) is 0 Å². The summed E-state index contributed by atoms with van der Waals surface area (Å²) in [6.45, 7) is 2.84. The van der Waals surface area contributed by atoms with E-state index >= 15 is 0 Å². The molecule has 0 saturated heterocycles. The summed E-state index contributed by atoms with van der Waals surface area (Å²) in [4.78, 5) is 27.7. The van der Waals surface area contributed by atoms with E-state index in [1.54, 1.807) is 18.2 Å². The maximum atomic E-state index is 12.6. The van der Waals surface area contributed by atoms with Crippen LogP contribution in [0.2, 0.25) is 5.02 Å². The molecule has 3 rings (SSSR count). The van der Waals surface area contributed by atoms with Gasteiger partial charge in [-0.2, -0.15) is 0 Å². The van der Waals surface area contributed by atoms with Gasteiger partial charge in [-0.05, 0) is 54.9 Å². The Morgan fingerprint density at radius 2 is 2.04 bits per heavy atom. The lowest BCUT2D eigenvalue weighted by Crippen LogP contribution is -2.29. The highest BCUT2D eigenvalue weighted by Gasteiger charge is 2.08. The van der Waals surface area contributed by atoms with Crippen molar-refractivity contribution in [2.45, 2.75) is 26.3 Å². The van der Waals surface area contributed by atoms with Crippen LogP contribution in [-0.4, -0.2) is 22.0 Å². The van der Waals surface area contributed by atoms with Gasteiger partial charge in [-0.15, -0.1) is 0 Å². The first-order valence-electron chi connectivity index (χ1n) is 8.69. The van der Waals surface area contributed by atoms with Crippen LogP contribution in [0.5, 0.6) is 0 Å². The molecule has 3 aromatic rings. The number of aryl methyl sites for hydroxylation is 1. The van der Waals surface area contributed by atoms with E-state index in [1.807, 2.05) is 12.1 Å². The number of nitrogens with one attached hydrogen (secondary N) is 2. The SMILES string of the molecule is Cc1ccccc1CCNC(=O)CCn1c(=S)[nH]c2cc(Cl)ccc2c1=O. The molecule has 0 aliphatic carbocycles. The van der Waals surface area contributed by atoms with Crippen LogP contribution >= 0.6 is 23.8 Å². The van der Waals surface area contributed by atoms with E-state index in [2.05, 4.69) is 29.4 Å². The zero-order chi connectivity index (χ0) is 19.4. The fourth-order valence-corrected chi connectivity index (χ4v) is 3.41. The van der Waals surface area contributed by atoms with Crippen molar-refractivity contribution in [3.63, 3.8) is 0 Å². The number of rotatable bonds is 6. The van der Waals surface area contributed by atoms with E-state index in [9.17, 15) is 9.59 Å². The second kappa shape index (κ2) is 8.50. The van der Waals surface area contributed by atoms with E-state index in [-0.39, 0.29) is 29.2 Å². The smallest absolute Gasteiger partial charge is 0.262 e. The lowest BCUT2D eigenvalue weighted by molar-refractivity contribution is -0.121. The van der Waals surface area contributed by atoms with Crippen LogP contribution in [0.15, 0.2) is 47.3 Å². The summed E-state index contributed by atoms with van der Waals surface area (Å²) in [6.07, 6.45) is 0.958. The molecule has 0 fully saturated rings. The van der Waals surface area contributed by atoms with Crippen molar-refractivity contribution >= 4 is 40.6 Å². The van der Waals surface area contributed by atoms with Crippen molar-refractivity contribution in [2.75, 3.05) is 6.54 Å². The van der Waals surface area contributed by atoms with E-state index < -0.39 is 0 Å². The molecule has 0 atom stereocenters. The molecular weight excluding hydrogens is 382 g/mol. The third kappa shape index (κ3) is 4.64. The number of hydrogen-bond acceptors (Lipinski definition) is 3. The van der Waals surface area contributed by atoms with Gasteiger partial charge in [0.05, 0.1) is 10.9 Å². The molecule has 0 saturated carbocycles. The molecule has 0 spiro atoms. The molecule has 0 unspecified atom stereocenters. The normalized spacial score (nSPS) is 10.9. The number of fused-ring (bicyclic) bond motifs is 1. The Kier molecular flexibility index (Phi) is 6.08. The summed E-state index contributed by atoms with van der Waals surface area (Å²) >= 11 is 11.2. The lowest BCUT2D eigenvalue weighted by Gasteiger charge is -2.10. The average Bonchev–Trinajstić information content (AvgIpc) is 2.63. The predicted molar refractivity (Wildman–Crippen MR) is 111 cm³/mol. The lowest BCUT2D eigenvalue weighted by atomic mass is 10.1. The van der Waals surface area contributed by atoms with Crippen LogP contribution in [0.25, 0.3) is 10.9 Å². The van der Waals surface area contributed by atoms with Crippen LogP contribution in [0.4, 0.5) is 0 Å². The molecule has 27 heavy (non-hydrogen) atoms. The summed E-state index contributed by atoms with van der Waals surface area (Å²) in [5.74, 6) is -0.110. The molecule has 0 aliphatic rings. The molecule has 2 N–H and O–H groups in total. The van der Waals surface area contributed by atoms with Gasteiger partial charge >= 0.3 is 0 Å². The van der Waals surface area contributed by atoms with Crippen LogP contribution in [0, 0.1) is 11.7 Å². The second-order valence-corrected chi connectivity index (χ2v) is 7.18. The number of nitrogens with zero attached hydrogens (tertiary/aromatic N) is 1. The van der Waals surface area contributed by atoms with Crippen molar-refractivity contribution < 1.29 is 4.79 Å². The summed E-state index contributed by atoms with van der Waals surface area (Å²) in [7, 11) is 0. The van der Waals surface area contributed by atoms with Crippen molar-refractivity contribution in [1.29, 1.82) is 0 Å². The molecule has 0 bridgehead atoms. The highest BCUT2D eigenvalue weighted by atomic mass is 35.5. The van der Waals surface area contributed by atoms with Crippen LogP contribution < -0.4 is 10.9 Å². The molecule has 0 radical (unpaired) electrons. The Labute approximate surface area is 167 Å². The van der Waals surface area contributed by atoms with Gasteiger partial charge in [0.15, 0.2) is 4.77 Å². The largest absolute Gasteiger partial charge is 0.356 e. The number of aromatic amines is 1. The minimum absolute atomic E-state index is 0.110. The summed E-state index contributed by atoms with van der Waals surface area (Å²) in [6, 6.07) is 13.1. The zero-order valence-corrected chi connectivity index (χ0v) is 16.5. The quantitative estimate of drug-likeness (QED) is 0.618. The number of carbonyl (C=O) groups is 1. The fourth-order valence-electron chi connectivity index (χ4n) is 2.96. The van der Waals surface area contributed by atoms with Crippen molar-refractivity contribution in [3.8, 4) is 0 Å². The second-order valence-electron chi connectivity index (χ2n) is 6.35. The maximum absolute atomic E-state index is 12.6. The van der Waals surface area contributed by atoms with Gasteiger partial charge in [-0.25, -0.2) is 0 Å². The molecule has 0 aliphatic heterocycles. The molecule has 1 heterocycles. The Bertz CT molecular complexity index is 1100. The first kappa shape index (κ1) is 19.3. The monoisotopic (exact) mass is 401 g/mol. The number of H-pyrrole nitrogens is 1. The van der Waals surface area contributed by atoms with Crippen molar-refractivity contribution in [1.82, 2.24) is 14.9 Å². The minimum atomic E-state index is -0.224. The molecular formula is C20H20ClN3O2S. The van der Waals surface area contributed by atoms with Gasteiger partial charge in [0.2, 0.25) is 5.91 Å². The molecule has 1 aromatic heterocycles. The molecule has 1 amide bonds. The third-order valence-electron chi connectivity index (χ3n) is 4.48. The van der Waals surface area contributed by atoms with Gasteiger partial charge in [-0.1, -0.05) is 35.9 Å². The van der Waals surface area contributed by atoms with E-state index in [0.717, 1.165) is 6.42 Å². The Morgan fingerprint density at radius 1 is 1.26 bits per heavy atom. The number of halogens is 1. The number of amides is 1. The van der Waals surface area contributed by atoms with E-state index in [0.29, 0.717) is 22.5 Å². The fraction of sp³-hybridized carbons (Fsp3) is 0.250. The van der Waals surface area contributed by atoms with Crippen molar-refractivity contribution in [2.24, 2.45) is 0 Å². The first-order valence-corrected chi connectivity index (χ1v) is 9.48. The average molecular weight is 402 g/mol. The Balaban J connectivity index is 1.62. The molecule has 7 heteroatoms. The predicted octanol–water partition coefficient (Wildman–Crippen LogP) is 3.77. The van der Waals surface area contributed by atoms with Gasteiger partial charge in [-0.3, -0.25) is 14.2 Å². The number of carbonyl (C=O) groups excluding carboxylic acids is 1. The van der Waals surface area contributed by atoms with Gasteiger partial charge in [0.1, 0.15) is 0 Å². The summed E-state index contributed by atoms with van der Waals surface area (Å²) < 4.78 is 1.69. The van der Waals surface area contributed by atoms with Gasteiger partial charge < -0.3 is 10.3 Å². The first-order chi connectivity index (χ1) is 13.0. The zero-order valence-electron chi connectivity index (χ0n) is 14.9. The number of benzene rings is 2. The topological polar surface area (TPSA) is 66.9 Å². The van der Waals surface area contributed by atoms with E-state index in [1.165, 1.54) is 15.7 Å². The van der Waals surface area contributed by atoms with Gasteiger partial charge in [0.25, 0.3) is 5.56 Å². The van der Waals surface area contributed by atoms with Crippen LogP contribution in [0.1, 0.15) is 17.5 Å². The third-order valence-corrected chi connectivity index (χ3v) is 5.04. The number of hydrogen-bond donors (Lipinski definition) is 2. The highest BCUT2D eigenvalue weighted by molar-refractivity contribution is 7.71. The van der Waals surface area contributed by atoms with Crippen molar-refractivity contribution in [3.05, 3.63) is 73.7 Å². The molecule has 140 valence electrons. The minimum Gasteiger partial charge on any atom is -0.356 e. The maximum Gasteiger partial charge on any atom is 0.262 e. The number of aromatic nitrogens is 2. The Hall–Kier alpha value is -2.44. The molecule has 2 aromatic carbocycles.